The first-order valence-corrected chi connectivity index (χ1v) is 11.3. The van der Waals surface area contributed by atoms with Gasteiger partial charge in [-0.05, 0) is 6.42 Å². The molecule has 0 saturated heterocycles. The zero-order chi connectivity index (χ0) is 11.3. The van der Waals surface area contributed by atoms with Crippen LogP contribution in [-0.4, -0.2) is 24.7 Å². The summed E-state index contributed by atoms with van der Waals surface area (Å²) in [6.07, 6.45) is 6.63. The third kappa shape index (κ3) is 6.41. The lowest BCUT2D eigenvalue weighted by atomic mass is 10.2. The van der Waals surface area contributed by atoms with Gasteiger partial charge in [-0.15, -0.1) is 0 Å². The summed E-state index contributed by atoms with van der Waals surface area (Å²) in [6, 6.07) is 0. The first kappa shape index (κ1) is 13.3. The molecule has 1 unspecified atom stereocenters. The van der Waals surface area contributed by atoms with Crippen LogP contribution in [0.5, 0.6) is 0 Å². The largest absolute Gasteiger partial charge is 0.293 e. The number of rotatable bonds is 7. The molecule has 1 saturated carbocycles. The van der Waals surface area contributed by atoms with Crippen molar-refractivity contribution in [2.45, 2.75) is 63.9 Å². The fourth-order valence-electron chi connectivity index (χ4n) is 1.60. The molecule has 88 valence electrons. The van der Waals surface area contributed by atoms with E-state index in [1.54, 1.807) is 0 Å². The second kappa shape index (κ2) is 6.09. The first-order chi connectivity index (χ1) is 7.03. The van der Waals surface area contributed by atoms with Crippen molar-refractivity contribution in [3.05, 3.63) is 0 Å². The van der Waals surface area contributed by atoms with Crippen LogP contribution in [0.25, 0.3) is 0 Å². The van der Waals surface area contributed by atoms with Crippen LogP contribution in [0.15, 0.2) is 4.99 Å². The molecule has 1 atom stereocenters. The van der Waals surface area contributed by atoms with Crippen LogP contribution in [0.3, 0.4) is 0 Å². The Morgan fingerprint density at radius 3 is 2.60 bits per heavy atom. The fraction of sp³-hybridized carbons (Fsp3) is 0.917. The quantitative estimate of drug-likeness (QED) is 0.478. The highest BCUT2D eigenvalue weighted by atomic mass is 32.4. The smallest absolute Gasteiger partial charge is 0.109 e. The maximum absolute atomic E-state index is 4.69. The van der Waals surface area contributed by atoms with Crippen molar-refractivity contribution in [3.8, 4) is 0 Å². The average Bonchev–Trinajstić information content (AvgIpc) is 2.80. The van der Waals surface area contributed by atoms with Gasteiger partial charge >= 0.3 is 0 Å². The summed E-state index contributed by atoms with van der Waals surface area (Å²) in [5.41, 5.74) is 1.50. The zero-order valence-corrected chi connectivity index (χ0v) is 12.5. The molecule has 0 amide bonds. The second-order valence-corrected chi connectivity index (χ2v) is 14.8. The second-order valence-electron chi connectivity index (χ2n) is 5.36. The Balaban J connectivity index is 2.07. The van der Waals surface area contributed by atoms with Crippen molar-refractivity contribution < 1.29 is 0 Å². The monoisotopic (exact) mass is 243 g/mol. The number of hydrogen-bond acceptors (Lipinski definition) is 2. The molecule has 0 N–H and O–H groups in total. The predicted octanol–water partition coefficient (Wildman–Crippen LogP) is 4.35. The van der Waals surface area contributed by atoms with Crippen LogP contribution in [0.2, 0.25) is 19.6 Å². The summed E-state index contributed by atoms with van der Waals surface area (Å²) < 4.78 is 0. The summed E-state index contributed by atoms with van der Waals surface area (Å²) in [5.74, 6) is 0. The molecule has 1 nitrogen and oxygen atoms in total. The van der Waals surface area contributed by atoms with Crippen molar-refractivity contribution in [2.24, 2.45) is 4.99 Å². The summed E-state index contributed by atoms with van der Waals surface area (Å²) in [6.45, 7) is 10.6. The lowest BCUT2D eigenvalue weighted by Gasteiger charge is -2.13. The van der Waals surface area contributed by atoms with E-state index in [-0.39, 0.29) is 0 Å². The van der Waals surface area contributed by atoms with E-state index in [1.807, 2.05) is 0 Å². The molecule has 15 heavy (non-hydrogen) atoms. The average molecular weight is 243 g/mol. The van der Waals surface area contributed by atoms with Gasteiger partial charge in [0, 0.05) is 23.9 Å². The Bertz CT molecular complexity index is 220. The van der Waals surface area contributed by atoms with Crippen LogP contribution in [0, 0.1) is 0 Å². The highest BCUT2D eigenvalue weighted by Crippen LogP contribution is 2.37. The van der Waals surface area contributed by atoms with Gasteiger partial charge in [0.15, 0.2) is 0 Å². The number of aliphatic imine (C=N–C) groups is 1. The van der Waals surface area contributed by atoms with Crippen LogP contribution in [0.4, 0.5) is 0 Å². The maximum atomic E-state index is 4.69. The lowest BCUT2D eigenvalue weighted by Crippen LogP contribution is -2.15. The molecule has 0 aromatic rings. The van der Waals surface area contributed by atoms with Gasteiger partial charge in [0.2, 0.25) is 0 Å². The number of nitrogens with zero attached hydrogens (tertiary/aromatic N) is 1. The maximum Gasteiger partial charge on any atom is 0.109 e. The van der Waals surface area contributed by atoms with Gasteiger partial charge < -0.3 is 0 Å². The molecular formula is C12H25NSSi. The predicted molar refractivity (Wildman–Crippen MR) is 75.8 cm³/mol. The van der Waals surface area contributed by atoms with E-state index in [2.05, 4.69) is 37.8 Å². The third-order valence-corrected chi connectivity index (χ3v) is 6.83. The number of unbranched alkanes of at least 4 members (excludes halogenated alkanes) is 3. The minimum atomic E-state index is -0.924. The summed E-state index contributed by atoms with van der Waals surface area (Å²) in [7, 11) is -0.924. The standard InChI is InChI=1S/C12H25NSSi/c1-5-6-7-8-9-13-11-10-12(11)14-15(2,3)4/h12H,5-10H2,1-4H3/b13-11+. The van der Waals surface area contributed by atoms with Crippen molar-refractivity contribution in [3.63, 3.8) is 0 Å². The Kier molecular flexibility index (Phi) is 5.40. The van der Waals surface area contributed by atoms with E-state index in [9.17, 15) is 0 Å². The van der Waals surface area contributed by atoms with Crippen LogP contribution in [0.1, 0.15) is 39.0 Å². The van der Waals surface area contributed by atoms with Gasteiger partial charge in [0.25, 0.3) is 0 Å². The van der Waals surface area contributed by atoms with Gasteiger partial charge in [0.1, 0.15) is 7.22 Å². The van der Waals surface area contributed by atoms with E-state index in [0.717, 1.165) is 11.8 Å². The summed E-state index contributed by atoms with van der Waals surface area (Å²) in [4.78, 5) is 4.69. The molecule has 1 rings (SSSR count). The molecular weight excluding hydrogens is 218 g/mol. The summed E-state index contributed by atoms with van der Waals surface area (Å²) >= 11 is 2.21. The van der Waals surface area contributed by atoms with Gasteiger partial charge in [0.05, 0.1) is 0 Å². The van der Waals surface area contributed by atoms with Gasteiger partial charge in [-0.2, -0.15) is 11.2 Å². The van der Waals surface area contributed by atoms with Crippen molar-refractivity contribution in [2.75, 3.05) is 6.54 Å². The molecule has 0 heterocycles. The highest BCUT2D eigenvalue weighted by molar-refractivity contribution is 8.29. The molecule has 0 bridgehead atoms. The Morgan fingerprint density at radius 1 is 1.27 bits per heavy atom. The van der Waals surface area contributed by atoms with Crippen molar-refractivity contribution >= 4 is 24.1 Å². The molecule has 3 heteroatoms. The fourth-order valence-corrected chi connectivity index (χ4v) is 6.13. The summed E-state index contributed by atoms with van der Waals surface area (Å²) in [5, 5.41) is 0.808. The normalized spacial score (nSPS) is 23.5. The topological polar surface area (TPSA) is 12.4 Å². The van der Waals surface area contributed by atoms with E-state index in [4.69, 9.17) is 4.99 Å². The van der Waals surface area contributed by atoms with Crippen molar-refractivity contribution in [1.29, 1.82) is 0 Å². The van der Waals surface area contributed by atoms with E-state index < -0.39 is 7.22 Å². The minimum absolute atomic E-state index is 0.808. The highest BCUT2D eigenvalue weighted by Gasteiger charge is 2.36. The Labute approximate surface area is 99.8 Å². The first-order valence-electron chi connectivity index (χ1n) is 6.24. The van der Waals surface area contributed by atoms with Crippen LogP contribution < -0.4 is 0 Å². The third-order valence-electron chi connectivity index (χ3n) is 2.43. The van der Waals surface area contributed by atoms with E-state index in [1.165, 1.54) is 37.8 Å². The lowest BCUT2D eigenvalue weighted by molar-refractivity contribution is 0.675. The van der Waals surface area contributed by atoms with Gasteiger partial charge in [-0.25, -0.2) is 0 Å². The molecule has 0 aromatic heterocycles. The molecule has 0 aromatic carbocycles. The van der Waals surface area contributed by atoms with Gasteiger partial charge in [-0.1, -0.05) is 45.8 Å². The van der Waals surface area contributed by atoms with E-state index in [0.29, 0.717) is 0 Å². The number of hydrogen-bond donors (Lipinski definition) is 0. The minimum Gasteiger partial charge on any atom is -0.293 e. The molecule has 1 aliphatic rings. The molecule has 1 aliphatic carbocycles. The SMILES string of the molecule is CCCCCC/N=C1\CC1S[Si](C)(C)C. The van der Waals surface area contributed by atoms with Crippen LogP contribution in [-0.2, 0) is 0 Å². The molecule has 0 aliphatic heterocycles. The molecule has 0 radical (unpaired) electrons. The Hall–Kier alpha value is 0.237. The Morgan fingerprint density at radius 2 is 2.00 bits per heavy atom. The molecule has 1 fully saturated rings. The van der Waals surface area contributed by atoms with E-state index >= 15 is 0 Å². The molecule has 0 spiro atoms. The van der Waals surface area contributed by atoms with Crippen molar-refractivity contribution in [1.82, 2.24) is 0 Å². The zero-order valence-electron chi connectivity index (χ0n) is 10.7. The van der Waals surface area contributed by atoms with Crippen LogP contribution >= 0.6 is 11.2 Å². The van der Waals surface area contributed by atoms with Gasteiger partial charge in [-0.3, -0.25) is 4.99 Å².